The lowest BCUT2D eigenvalue weighted by atomic mass is 9.86. The van der Waals surface area contributed by atoms with Gasteiger partial charge in [-0.2, -0.15) is 0 Å². The van der Waals surface area contributed by atoms with Crippen molar-refractivity contribution < 1.29 is 29.3 Å². The summed E-state index contributed by atoms with van der Waals surface area (Å²) in [5, 5.41) is 19.5. The highest BCUT2D eigenvalue weighted by molar-refractivity contribution is 5.76. The summed E-state index contributed by atoms with van der Waals surface area (Å²) in [6.45, 7) is 17.5. The first-order valence-corrected chi connectivity index (χ1v) is 11.0. The average Bonchev–Trinajstić information content (AvgIpc) is 2.68. The first-order chi connectivity index (χ1) is 14.0. The lowest BCUT2D eigenvalue weighted by molar-refractivity contribution is -0.157. The Kier molecular flexibility index (Phi) is 17.4. The predicted octanol–water partition coefficient (Wildman–Crippen LogP) is 4.59. The Morgan fingerprint density at radius 1 is 1.00 bits per heavy atom. The van der Waals surface area contributed by atoms with Crippen molar-refractivity contribution in [3.63, 3.8) is 0 Å². The molecule has 0 aliphatic carbocycles. The van der Waals surface area contributed by atoms with E-state index in [0.717, 1.165) is 37.7 Å². The molecule has 0 aromatic rings. The molecular formula is C24H44O6. The van der Waals surface area contributed by atoms with Crippen molar-refractivity contribution >= 4 is 11.9 Å². The minimum absolute atomic E-state index is 0.177. The molecule has 176 valence electrons. The summed E-state index contributed by atoms with van der Waals surface area (Å²) in [6.07, 6.45) is 6.53. The van der Waals surface area contributed by atoms with E-state index in [9.17, 15) is 19.8 Å². The van der Waals surface area contributed by atoms with Gasteiger partial charge in [0, 0.05) is 11.3 Å². The molecule has 2 N–H and O–H groups in total. The molecule has 0 radical (unpaired) electrons. The number of rotatable bonds is 13. The quantitative estimate of drug-likeness (QED) is 0.329. The van der Waals surface area contributed by atoms with Gasteiger partial charge in [-0.25, -0.2) is 9.59 Å². The zero-order valence-corrected chi connectivity index (χ0v) is 20.1. The Balaban J connectivity index is 0. The summed E-state index contributed by atoms with van der Waals surface area (Å²) in [7, 11) is 0. The van der Waals surface area contributed by atoms with Gasteiger partial charge in [-0.05, 0) is 33.6 Å². The minimum Gasteiger partial charge on any atom is -0.464 e. The van der Waals surface area contributed by atoms with Crippen LogP contribution in [-0.4, -0.2) is 47.6 Å². The van der Waals surface area contributed by atoms with E-state index in [1.54, 1.807) is 13.8 Å². The molecule has 6 nitrogen and oxygen atoms in total. The maximum atomic E-state index is 11.3. The number of hydrogen-bond acceptors (Lipinski definition) is 6. The summed E-state index contributed by atoms with van der Waals surface area (Å²) in [5.41, 5.74) is 0.269. The third-order valence-corrected chi connectivity index (χ3v) is 4.63. The Labute approximate surface area is 183 Å². The highest BCUT2D eigenvalue weighted by Gasteiger charge is 2.32. The first kappa shape index (κ1) is 30.5. The minimum atomic E-state index is -1.09. The van der Waals surface area contributed by atoms with Crippen LogP contribution in [-0.2, 0) is 19.1 Å². The highest BCUT2D eigenvalue weighted by atomic mass is 16.5. The second-order valence-corrected chi connectivity index (χ2v) is 7.96. The van der Waals surface area contributed by atoms with Gasteiger partial charge in [-0.3, -0.25) is 0 Å². The lowest BCUT2D eigenvalue weighted by Crippen LogP contribution is -2.36. The van der Waals surface area contributed by atoms with E-state index in [2.05, 4.69) is 20.4 Å². The zero-order chi connectivity index (χ0) is 23.7. The van der Waals surface area contributed by atoms with Gasteiger partial charge in [0.25, 0.3) is 0 Å². The SMILES string of the molecule is C=C(C)C(CCCC)[C@@H](O)C(=O)OCC.CCC/C=C/C(C)(C)[C@H](O)C(=O)OCC. The fourth-order valence-electron chi connectivity index (χ4n) is 2.66. The summed E-state index contributed by atoms with van der Waals surface area (Å²) < 4.78 is 9.56. The van der Waals surface area contributed by atoms with Gasteiger partial charge >= 0.3 is 11.9 Å². The third-order valence-electron chi connectivity index (χ3n) is 4.63. The van der Waals surface area contributed by atoms with Crippen LogP contribution in [0.25, 0.3) is 0 Å². The second-order valence-electron chi connectivity index (χ2n) is 7.96. The molecule has 30 heavy (non-hydrogen) atoms. The summed E-state index contributed by atoms with van der Waals surface area (Å²) in [5.74, 6) is -1.27. The molecule has 0 saturated heterocycles. The van der Waals surface area contributed by atoms with Crippen LogP contribution in [0.1, 0.15) is 80.6 Å². The first-order valence-electron chi connectivity index (χ1n) is 11.0. The molecule has 0 fully saturated rings. The van der Waals surface area contributed by atoms with Crippen LogP contribution < -0.4 is 0 Å². The van der Waals surface area contributed by atoms with Crippen molar-refractivity contribution in [1.82, 2.24) is 0 Å². The van der Waals surface area contributed by atoms with Crippen LogP contribution in [0, 0.1) is 11.3 Å². The van der Waals surface area contributed by atoms with E-state index in [1.807, 2.05) is 32.9 Å². The molecule has 0 aromatic carbocycles. The van der Waals surface area contributed by atoms with Crippen LogP contribution >= 0.6 is 0 Å². The van der Waals surface area contributed by atoms with Crippen molar-refractivity contribution in [3.8, 4) is 0 Å². The molecule has 1 unspecified atom stereocenters. The van der Waals surface area contributed by atoms with Crippen molar-refractivity contribution in [2.24, 2.45) is 11.3 Å². The van der Waals surface area contributed by atoms with Crippen molar-refractivity contribution in [2.75, 3.05) is 13.2 Å². The predicted molar refractivity (Wildman–Crippen MR) is 121 cm³/mol. The highest BCUT2D eigenvalue weighted by Crippen LogP contribution is 2.24. The Bertz CT molecular complexity index is 524. The van der Waals surface area contributed by atoms with Crippen LogP contribution in [0.15, 0.2) is 24.3 Å². The Morgan fingerprint density at radius 3 is 1.97 bits per heavy atom. The fraction of sp³-hybridized carbons (Fsp3) is 0.750. The van der Waals surface area contributed by atoms with Gasteiger partial charge in [0.05, 0.1) is 13.2 Å². The van der Waals surface area contributed by atoms with Crippen molar-refractivity contribution in [3.05, 3.63) is 24.3 Å². The van der Waals surface area contributed by atoms with E-state index in [0.29, 0.717) is 13.2 Å². The lowest BCUT2D eigenvalue weighted by Gasteiger charge is -2.25. The number of ether oxygens (including phenoxy) is 2. The molecule has 0 amide bonds. The molecule has 0 heterocycles. The largest absolute Gasteiger partial charge is 0.464 e. The van der Waals surface area contributed by atoms with Gasteiger partial charge in [0.15, 0.2) is 12.2 Å². The average molecular weight is 429 g/mol. The maximum Gasteiger partial charge on any atom is 0.335 e. The number of aliphatic hydroxyl groups is 2. The van der Waals surface area contributed by atoms with Crippen molar-refractivity contribution in [1.29, 1.82) is 0 Å². The molecule has 0 aliphatic heterocycles. The third kappa shape index (κ3) is 12.8. The summed E-state index contributed by atoms with van der Waals surface area (Å²) >= 11 is 0. The van der Waals surface area contributed by atoms with Crippen LogP contribution in [0.3, 0.4) is 0 Å². The van der Waals surface area contributed by atoms with Gasteiger partial charge in [-0.1, -0.05) is 71.3 Å². The smallest absolute Gasteiger partial charge is 0.335 e. The van der Waals surface area contributed by atoms with Crippen LogP contribution in [0.4, 0.5) is 0 Å². The van der Waals surface area contributed by atoms with E-state index in [-0.39, 0.29) is 5.92 Å². The van der Waals surface area contributed by atoms with E-state index in [1.165, 1.54) is 0 Å². The molecule has 3 atom stereocenters. The number of unbranched alkanes of at least 4 members (excludes halogenated alkanes) is 2. The summed E-state index contributed by atoms with van der Waals surface area (Å²) in [4.78, 5) is 22.7. The number of aliphatic hydroxyl groups excluding tert-OH is 2. The van der Waals surface area contributed by atoms with Gasteiger partial charge in [0.1, 0.15) is 0 Å². The number of allylic oxidation sites excluding steroid dienone is 1. The molecule has 0 rings (SSSR count). The van der Waals surface area contributed by atoms with Gasteiger partial charge in [0.2, 0.25) is 0 Å². The number of hydrogen-bond donors (Lipinski definition) is 2. The second kappa shape index (κ2) is 17.1. The monoisotopic (exact) mass is 428 g/mol. The summed E-state index contributed by atoms with van der Waals surface area (Å²) in [6, 6.07) is 0. The van der Waals surface area contributed by atoms with Gasteiger partial charge in [-0.15, -0.1) is 0 Å². The Morgan fingerprint density at radius 2 is 1.53 bits per heavy atom. The Hall–Kier alpha value is -1.66. The molecule has 0 aromatic heterocycles. The zero-order valence-electron chi connectivity index (χ0n) is 20.1. The molecule has 0 spiro atoms. The molecular weight excluding hydrogens is 384 g/mol. The molecule has 0 saturated carbocycles. The molecule has 6 heteroatoms. The fourth-order valence-corrected chi connectivity index (χ4v) is 2.66. The van der Waals surface area contributed by atoms with Crippen molar-refractivity contribution in [2.45, 2.75) is 92.8 Å². The van der Waals surface area contributed by atoms with E-state index in [4.69, 9.17) is 9.47 Å². The molecule has 0 aliphatic rings. The maximum absolute atomic E-state index is 11.3. The molecule has 0 bridgehead atoms. The number of esters is 2. The van der Waals surface area contributed by atoms with E-state index >= 15 is 0 Å². The standard InChI is InChI=1S/2C12H22O3/c1-5-7-8-9-12(3,4)10(13)11(14)15-6-2;1-5-7-8-10(9(3)4)11(13)12(14)15-6-2/h8-10,13H,5-7H2,1-4H3;10-11,13H,3,5-8H2,1-2,4H3/b9-8+;/t10-;10?,11-/m11/s1. The van der Waals surface area contributed by atoms with Gasteiger partial charge < -0.3 is 19.7 Å². The number of carbonyl (C=O) groups excluding carboxylic acids is 2. The van der Waals surface area contributed by atoms with E-state index < -0.39 is 29.6 Å². The topological polar surface area (TPSA) is 93.1 Å². The van der Waals surface area contributed by atoms with Crippen LogP contribution in [0.2, 0.25) is 0 Å². The van der Waals surface area contributed by atoms with Crippen LogP contribution in [0.5, 0.6) is 0 Å². The number of carbonyl (C=O) groups is 2. The normalized spacial score (nSPS) is 14.3.